The summed E-state index contributed by atoms with van der Waals surface area (Å²) in [6.45, 7) is 5.53. The van der Waals surface area contributed by atoms with Crippen LogP contribution in [0.25, 0.3) is 0 Å². The maximum atomic E-state index is 5.81. The quantitative estimate of drug-likeness (QED) is 0.876. The minimum Gasteiger partial charge on any atom is -0.486 e. The van der Waals surface area contributed by atoms with E-state index >= 15 is 0 Å². The first-order valence-corrected chi connectivity index (χ1v) is 7.49. The van der Waals surface area contributed by atoms with E-state index in [1.54, 1.807) is 0 Å². The van der Waals surface area contributed by atoms with Gasteiger partial charge in [0, 0.05) is 18.8 Å². The second-order valence-corrected chi connectivity index (χ2v) is 5.82. The molecule has 1 aromatic heterocycles. The first kappa shape index (κ1) is 15.1. The summed E-state index contributed by atoms with van der Waals surface area (Å²) >= 11 is 3.54. The summed E-state index contributed by atoms with van der Waals surface area (Å²) < 4.78 is 8.71. The Kier molecular flexibility index (Phi) is 5.20. The Morgan fingerprint density at radius 1 is 1.35 bits per heavy atom. The first-order valence-electron chi connectivity index (χ1n) is 6.70. The van der Waals surface area contributed by atoms with Crippen LogP contribution in [0.15, 0.2) is 34.9 Å². The molecule has 20 heavy (non-hydrogen) atoms. The van der Waals surface area contributed by atoms with Crippen molar-refractivity contribution in [1.29, 1.82) is 0 Å². The third-order valence-corrected chi connectivity index (χ3v) is 3.57. The third kappa shape index (κ3) is 3.84. The molecule has 0 bridgehead atoms. The Hall–Kier alpha value is -1.33. The molecule has 1 N–H and O–H groups in total. The van der Waals surface area contributed by atoms with Gasteiger partial charge in [-0.1, -0.05) is 6.07 Å². The van der Waals surface area contributed by atoms with Crippen molar-refractivity contribution in [2.75, 3.05) is 7.05 Å². The molecule has 0 unspecified atom stereocenters. The Balaban J connectivity index is 1.99. The lowest BCUT2D eigenvalue weighted by Crippen LogP contribution is -2.05. The second-order valence-electron chi connectivity index (χ2n) is 4.96. The van der Waals surface area contributed by atoms with Crippen LogP contribution < -0.4 is 10.1 Å². The van der Waals surface area contributed by atoms with E-state index in [-0.39, 0.29) is 0 Å². The molecule has 1 heterocycles. The van der Waals surface area contributed by atoms with Crippen LogP contribution in [0.2, 0.25) is 0 Å². The molecule has 0 saturated carbocycles. The number of halogens is 1. The Morgan fingerprint density at radius 2 is 2.15 bits per heavy atom. The van der Waals surface area contributed by atoms with Crippen molar-refractivity contribution in [1.82, 2.24) is 15.1 Å². The molecule has 0 aliphatic carbocycles. The molecule has 0 spiro atoms. The molecular weight excluding hydrogens is 318 g/mol. The van der Waals surface area contributed by atoms with Crippen molar-refractivity contribution in [3.63, 3.8) is 0 Å². The van der Waals surface area contributed by atoms with Gasteiger partial charge >= 0.3 is 0 Å². The standard InChI is InChI=1S/C15H20BrN3O/c1-11(2)19-7-6-13(18-19)10-20-15-5-4-12(9-17-3)8-14(15)16/h4-8,11,17H,9-10H2,1-3H3. The SMILES string of the molecule is CNCc1ccc(OCc2ccn(C(C)C)n2)c(Br)c1. The minimum absolute atomic E-state index is 0.372. The van der Waals surface area contributed by atoms with Crippen LogP contribution in [-0.4, -0.2) is 16.8 Å². The van der Waals surface area contributed by atoms with E-state index in [2.05, 4.69) is 52.3 Å². The molecule has 1 aromatic carbocycles. The van der Waals surface area contributed by atoms with Gasteiger partial charge in [0.15, 0.2) is 0 Å². The fourth-order valence-electron chi connectivity index (χ4n) is 1.87. The monoisotopic (exact) mass is 337 g/mol. The second kappa shape index (κ2) is 6.90. The Morgan fingerprint density at radius 3 is 2.75 bits per heavy atom. The molecular formula is C15H20BrN3O. The summed E-state index contributed by atoms with van der Waals surface area (Å²) in [5.41, 5.74) is 2.15. The highest BCUT2D eigenvalue weighted by atomic mass is 79.9. The zero-order valence-corrected chi connectivity index (χ0v) is 13.6. The summed E-state index contributed by atoms with van der Waals surface area (Å²) in [5.74, 6) is 0.837. The Bertz CT molecular complexity index is 566. The van der Waals surface area contributed by atoms with Crippen molar-refractivity contribution in [2.24, 2.45) is 0 Å². The van der Waals surface area contributed by atoms with Crippen LogP contribution in [0, 0.1) is 0 Å². The topological polar surface area (TPSA) is 39.1 Å². The van der Waals surface area contributed by atoms with E-state index in [1.165, 1.54) is 5.56 Å². The van der Waals surface area contributed by atoms with Crippen molar-refractivity contribution in [2.45, 2.75) is 33.0 Å². The van der Waals surface area contributed by atoms with Gasteiger partial charge in [-0.25, -0.2) is 0 Å². The van der Waals surface area contributed by atoms with Crippen LogP contribution in [0.1, 0.15) is 31.1 Å². The van der Waals surface area contributed by atoms with Gasteiger partial charge in [0.05, 0.1) is 10.2 Å². The van der Waals surface area contributed by atoms with Crippen molar-refractivity contribution in [3.05, 3.63) is 46.2 Å². The molecule has 0 fully saturated rings. The summed E-state index contributed by atoms with van der Waals surface area (Å²) in [6.07, 6.45) is 1.98. The van der Waals surface area contributed by atoms with Crippen LogP contribution >= 0.6 is 15.9 Å². The molecule has 0 aliphatic heterocycles. The highest BCUT2D eigenvalue weighted by molar-refractivity contribution is 9.10. The van der Waals surface area contributed by atoms with Gasteiger partial charge in [-0.3, -0.25) is 4.68 Å². The van der Waals surface area contributed by atoms with Gasteiger partial charge in [0.25, 0.3) is 0 Å². The largest absolute Gasteiger partial charge is 0.486 e. The van der Waals surface area contributed by atoms with Crippen molar-refractivity contribution in [3.8, 4) is 5.75 Å². The van der Waals surface area contributed by atoms with Gasteiger partial charge in [-0.05, 0) is 60.6 Å². The molecule has 0 saturated heterocycles. The normalized spacial score (nSPS) is 11.1. The summed E-state index contributed by atoms with van der Waals surface area (Å²) in [4.78, 5) is 0. The molecule has 4 nitrogen and oxygen atoms in total. The minimum atomic E-state index is 0.372. The maximum Gasteiger partial charge on any atom is 0.134 e. The van der Waals surface area contributed by atoms with E-state index in [1.807, 2.05) is 30.1 Å². The number of rotatable bonds is 6. The molecule has 108 valence electrons. The zero-order valence-electron chi connectivity index (χ0n) is 12.1. The number of nitrogens with one attached hydrogen (secondary N) is 1. The predicted octanol–water partition coefficient (Wildman–Crippen LogP) is 3.52. The molecule has 2 aromatic rings. The zero-order chi connectivity index (χ0) is 14.5. The summed E-state index contributed by atoms with van der Waals surface area (Å²) in [5, 5.41) is 7.60. The third-order valence-electron chi connectivity index (χ3n) is 2.95. The molecule has 2 rings (SSSR count). The first-order chi connectivity index (χ1) is 9.60. The van der Waals surface area contributed by atoms with Gasteiger partial charge < -0.3 is 10.1 Å². The average Bonchev–Trinajstić information content (AvgIpc) is 2.87. The number of hydrogen-bond acceptors (Lipinski definition) is 3. The van der Waals surface area contributed by atoms with Crippen molar-refractivity contribution < 1.29 is 4.74 Å². The summed E-state index contributed by atoms with van der Waals surface area (Å²) in [6, 6.07) is 8.47. The van der Waals surface area contributed by atoms with E-state index in [0.717, 1.165) is 22.5 Å². The van der Waals surface area contributed by atoms with Crippen LogP contribution in [0.5, 0.6) is 5.75 Å². The number of benzene rings is 1. The summed E-state index contributed by atoms with van der Waals surface area (Å²) in [7, 11) is 1.93. The highest BCUT2D eigenvalue weighted by Gasteiger charge is 2.06. The Labute approximate surface area is 128 Å². The van der Waals surface area contributed by atoms with E-state index < -0.39 is 0 Å². The number of nitrogens with zero attached hydrogens (tertiary/aromatic N) is 2. The van der Waals surface area contributed by atoms with Crippen molar-refractivity contribution >= 4 is 15.9 Å². The fraction of sp³-hybridized carbons (Fsp3) is 0.400. The lowest BCUT2D eigenvalue weighted by molar-refractivity contribution is 0.296. The van der Waals surface area contributed by atoms with Gasteiger partial charge in [0.1, 0.15) is 12.4 Å². The molecule has 0 aliphatic rings. The molecule has 0 radical (unpaired) electrons. The van der Waals surface area contributed by atoms with Gasteiger partial charge in [-0.2, -0.15) is 5.10 Å². The number of ether oxygens (including phenoxy) is 1. The van der Waals surface area contributed by atoms with Crippen LogP contribution in [-0.2, 0) is 13.2 Å². The number of aromatic nitrogens is 2. The lowest BCUT2D eigenvalue weighted by Gasteiger charge is -2.09. The smallest absolute Gasteiger partial charge is 0.134 e. The highest BCUT2D eigenvalue weighted by Crippen LogP contribution is 2.26. The molecule has 5 heteroatoms. The number of hydrogen-bond donors (Lipinski definition) is 1. The van der Waals surface area contributed by atoms with Crippen LogP contribution in [0.3, 0.4) is 0 Å². The molecule has 0 amide bonds. The molecule has 0 atom stereocenters. The van der Waals surface area contributed by atoms with Crippen LogP contribution in [0.4, 0.5) is 0 Å². The fourth-order valence-corrected chi connectivity index (χ4v) is 2.41. The van der Waals surface area contributed by atoms with E-state index in [0.29, 0.717) is 12.6 Å². The van der Waals surface area contributed by atoms with E-state index in [9.17, 15) is 0 Å². The lowest BCUT2D eigenvalue weighted by atomic mass is 10.2. The van der Waals surface area contributed by atoms with Gasteiger partial charge in [0.2, 0.25) is 0 Å². The van der Waals surface area contributed by atoms with Gasteiger partial charge in [-0.15, -0.1) is 0 Å². The average molecular weight is 338 g/mol. The maximum absolute atomic E-state index is 5.81. The van der Waals surface area contributed by atoms with E-state index in [4.69, 9.17) is 4.74 Å². The predicted molar refractivity (Wildman–Crippen MR) is 83.8 cm³/mol.